The summed E-state index contributed by atoms with van der Waals surface area (Å²) in [5.41, 5.74) is 0. The molecule has 1 aliphatic carbocycles. The summed E-state index contributed by atoms with van der Waals surface area (Å²) in [5, 5.41) is 0. The van der Waals surface area contributed by atoms with Crippen molar-refractivity contribution in [3.63, 3.8) is 0 Å². The van der Waals surface area contributed by atoms with Crippen molar-refractivity contribution in [2.45, 2.75) is 26.7 Å². The zero-order chi connectivity index (χ0) is 5.49. The summed E-state index contributed by atoms with van der Waals surface area (Å²) < 4.78 is 7.50. The van der Waals surface area contributed by atoms with Crippen molar-refractivity contribution in [2.24, 2.45) is 11.8 Å². The van der Waals surface area contributed by atoms with Gasteiger partial charge in [-0.15, -0.1) is 0 Å². The van der Waals surface area contributed by atoms with Crippen LogP contribution in [0.15, 0.2) is 0 Å². The Labute approximate surface area is 41.0 Å². The Morgan fingerprint density at radius 3 is 2.17 bits per heavy atom. The topological polar surface area (TPSA) is 0 Å². The van der Waals surface area contributed by atoms with E-state index in [2.05, 4.69) is 13.8 Å². The standard InChI is InChI=1S/C6H12/c1-5(2)6-3-4-6/h5-6H,3-4H2,1-2H3/i6D. The van der Waals surface area contributed by atoms with E-state index in [0.717, 1.165) is 12.8 Å². The minimum atomic E-state index is 0.000000000000000222. The average molecular weight is 85.2 g/mol. The van der Waals surface area contributed by atoms with Gasteiger partial charge in [0.15, 0.2) is 0 Å². The molecule has 0 atom stereocenters. The van der Waals surface area contributed by atoms with Crippen LogP contribution in [0.25, 0.3) is 0 Å². The third kappa shape index (κ3) is 0.735. The monoisotopic (exact) mass is 85.1 g/mol. The minimum absolute atomic E-state index is 0.000000000000000222. The summed E-state index contributed by atoms with van der Waals surface area (Å²) in [6, 6.07) is 0. The molecule has 0 saturated heterocycles. The highest BCUT2D eigenvalue weighted by Gasteiger charge is 2.23. The second kappa shape index (κ2) is 1.25. The molecule has 0 N–H and O–H groups in total. The van der Waals surface area contributed by atoms with Crippen molar-refractivity contribution in [2.75, 3.05) is 0 Å². The van der Waals surface area contributed by atoms with Crippen LogP contribution in [0.1, 0.15) is 28.1 Å². The third-order valence-electron chi connectivity index (χ3n) is 1.36. The first-order chi connectivity index (χ1) is 3.15. The van der Waals surface area contributed by atoms with Gasteiger partial charge in [-0.25, -0.2) is 0 Å². The van der Waals surface area contributed by atoms with E-state index in [1.165, 1.54) is 0 Å². The molecule has 0 amide bonds. The van der Waals surface area contributed by atoms with E-state index in [-0.39, 0.29) is 5.89 Å². The molecule has 1 saturated carbocycles. The molecule has 0 radical (unpaired) electrons. The fourth-order valence-electron chi connectivity index (χ4n) is 0.650. The summed E-state index contributed by atoms with van der Waals surface area (Å²) in [6.45, 7) is 4.25. The lowest BCUT2D eigenvalue weighted by atomic mass is 10.1. The fourth-order valence-corrected chi connectivity index (χ4v) is 0.650. The molecule has 0 heterocycles. The lowest BCUT2D eigenvalue weighted by Gasteiger charge is -1.94. The summed E-state index contributed by atoms with van der Waals surface area (Å²) in [7, 11) is 0. The number of hydrogen-bond donors (Lipinski definition) is 0. The molecule has 1 aliphatic rings. The first-order valence-electron chi connectivity index (χ1n) is 3.15. The Kier molecular flexibility index (Phi) is 0.638. The molecule has 6 heavy (non-hydrogen) atoms. The molecule has 36 valence electrons. The van der Waals surface area contributed by atoms with Gasteiger partial charge in [0.05, 0.1) is 0 Å². The van der Waals surface area contributed by atoms with Crippen molar-refractivity contribution < 1.29 is 1.37 Å². The van der Waals surface area contributed by atoms with Crippen LogP contribution in [0.3, 0.4) is 0 Å². The molecule has 0 bridgehead atoms. The van der Waals surface area contributed by atoms with Crippen LogP contribution in [0.5, 0.6) is 0 Å². The quantitative estimate of drug-likeness (QED) is 0.457. The van der Waals surface area contributed by atoms with Crippen molar-refractivity contribution in [3.05, 3.63) is 0 Å². The highest BCUT2D eigenvalue weighted by atomic mass is 14.3. The summed E-state index contributed by atoms with van der Waals surface area (Å²) in [4.78, 5) is 0. The first-order valence-corrected chi connectivity index (χ1v) is 2.65. The molecule has 0 spiro atoms. The van der Waals surface area contributed by atoms with Crippen LogP contribution >= 0.6 is 0 Å². The summed E-state index contributed by atoms with van der Waals surface area (Å²) >= 11 is 0. The van der Waals surface area contributed by atoms with E-state index < -0.39 is 0 Å². The first kappa shape index (κ1) is 3.06. The van der Waals surface area contributed by atoms with E-state index in [9.17, 15) is 0 Å². The minimum Gasteiger partial charge on any atom is -0.0625 e. The maximum Gasteiger partial charge on any atom is 0.0305 e. The van der Waals surface area contributed by atoms with E-state index in [0.29, 0.717) is 5.92 Å². The van der Waals surface area contributed by atoms with E-state index in [4.69, 9.17) is 1.37 Å². The second-order valence-electron chi connectivity index (χ2n) is 2.31. The summed E-state index contributed by atoms with van der Waals surface area (Å²) in [6.07, 6.45) is 2.26. The molecule has 0 aliphatic heterocycles. The van der Waals surface area contributed by atoms with Crippen molar-refractivity contribution in [3.8, 4) is 0 Å². The Balaban J connectivity index is 2.39. The maximum atomic E-state index is 7.50. The zero-order valence-corrected chi connectivity index (χ0v) is 4.49. The van der Waals surface area contributed by atoms with E-state index in [1.807, 2.05) is 0 Å². The van der Waals surface area contributed by atoms with Crippen molar-refractivity contribution in [1.82, 2.24) is 0 Å². The smallest absolute Gasteiger partial charge is 0.0305 e. The van der Waals surface area contributed by atoms with Gasteiger partial charge in [-0.1, -0.05) is 13.8 Å². The van der Waals surface area contributed by atoms with Crippen LogP contribution < -0.4 is 0 Å². The highest BCUT2D eigenvalue weighted by Crippen LogP contribution is 2.35. The SMILES string of the molecule is [2H]C1(C(C)C)CC1. The van der Waals surface area contributed by atoms with Gasteiger partial charge in [0.25, 0.3) is 0 Å². The predicted octanol–water partition coefficient (Wildman–Crippen LogP) is 2.05. The van der Waals surface area contributed by atoms with Gasteiger partial charge < -0.3 is 0 Å². The molecule has 0 aromatic carbocycles. The lowest BCUT2D eigenvalue weighted by molar-refractivity contribution is 0.563. The largest absolute Gasteiger partial charge is 0.0625 e. The highest BCUT2D eigenvalue weighted by molar-refractivity contribution is 4.75. The molecule has 0 aromatic rings. The van der Waals surface area contributed by atoms with Gasteiger partial charge in [0.1, 0.15) is 0 Å². The zero-order valence-electron chi connectivity index (χ0n) is 5.49. The van der Waals surface area contributed by atoms with Crippen LogP contribution in [-0.4, -0.2) is 0 Å². The Morgan fingerprint density at radius 2 is 2.17 bits per heavy atom. The molecular formula is C6H12. The number of hydrogen-bond acceptors (Lipinski definition) is 0. The van der Waals surface area contributed by atoms with E-state index in [1.54, 1.807) is 0 Å². The van der Waals surface area contributed by atoms with Gasteiger partial charge >= 0.3 is 0 Å². The Morgan fingerprint density at radius 1 is 1.67 bits per heavy atom. The van der Waals surface area contributed by atoms with Gasteiger partial charge in [-0.3, -0.25) is 0 Å². The van der Waals surface area contributed by atoms with Crippen molar-refractivity contribution >= 4 is 0 Å². The van der Waals surface area contributed by atoms with Gasteiger partial charge in [-0.2, -0.15) is 0 Å². The van der Waals surface area contributed by atoms with Crippen molar-refractivity contribution in [1.29, 1.82) is 0 Å². The number of rotatable bonds is 1. The van der Waals surface area contributed by atoms with Crippen LogP contribution in [0.2, 0.25) is 0 Å². The molecule has 0 aromatic heterocycles. The van der Waals surface area contributed by atoms with Gasteiger partial charge in [-0.05, 0) is 24.7 Å². The molecular weight excluding hydrogens is 72.1 g/mol. The molecule has 1 fully saturated rings. The Hall–Kier alpha value is 0. The molecule has 0 nitrogen and oxygen atoms in total. The molecule has 0 heteroatoms. The fraction of sp³-hybridized carbons (Fsp3) is 1.00. The lowest BCUT2D eigenvalue weighted by Crippen LogP contribution is -1.85. The van der Waals surface area contributed by atoms with E-state index >= 15 is 0 Å². The van der Waals surface area contributed by atoms with Gasteiger partial charge in [0, 0.05) is 1.37 Å². The van der Waals surface area contributed by atoms with Crippen LogP contribution in [-0.2, 0) is 0 Å². The van der Waals surface area contributed by atoms with Crippen LogP contribution in [0.4, 0.5) is 0 Å². The third-order valence-corrected chi connectivity index (χ3v) is 1.36. The molecule has 0 unspecified atom stereocenters. The summed E-state index contributed by atoms with van der Waals surface area (Å²) in [5.74, 6) is 0.576. The molecule has 1 rings (SSSR count). The normalized spacial score (nSPS) is 30.2. The average Bonchev–Trinajstić information content (AvgIpc) is 2.21. The van der Waals surface area contributed by atoms with Crippen LogP contribution in [0, 0.1) is 11.8 Å². The maximum absolute atomic E-state index is 7.50. The Bertz CT molecular complexity index is 72.2. The van der Waals surface area contributed by atoms with Gasteiger partial charge in [0.2, 0.25) is 0 Å². The second-order valence-corrected chi connectivity index (χ2v) is 2.31. The predicted molar refractivity (Wildman–Crippen MR) is 27.6 cm³/mol.